The summed E-state index contributed by atoms with van der Waals surface area (Å²) in [5, 5.41) is 7.56. The Balaban J connectivity index is 1.97. The standard InChI is InChI=1S/C20H23N3OS/c1-5-16-8-6-7-9-17(16)12-25-20-22-21-19(24)23(20)18-14(3)10-13(2)11-15(18)4/h6-11H,5,12H2,1-4H3,(H,21,24). The van der Waals surface area contributed by atoms with E-state index in [1.165, 1.54) is 16.7 Å². The normalized spacial score (nSPS) is 11.0. The number of H-pyrrole nitrogens is 1. The summed E-state index contributed by atoms with van der Waals surface area (Å²) < 4.78 is 1.70. The minimum Gasteiger partial charge on any atom is -0.246 e. The number of aromatic nitrogens is 3. The van der Waals surface area contributed by atoms with Crippen LogP contribution in [0.2, 0.25) is 0 Å². The monoisotopic (exact) mass is 353 g/mol. The summed E-state index contributed by atoms with van der Waals surface area (Å²) in [7, 11) is 0. The van der Waals surface area contributed by atoms with E-state index in [1.54, 1.807) is 16.3 Å². The second-order valence-corrected chi connectivity index (χ2v) is 7.25. The Labute approximate surface area is 152 Å². The van der Waals surface area contributed by atoms with Gasteiger partial charge in [-0.05, 0) is 49.4 Å². The van der Waals surface area contributed by atoms with Gasteiger partial charge in [-0.1, -0.05) is 60.6 Å². The average Bonchev–Trinajstić information content (AvgIpc) is 2.93. The van der Waals surface area contributed by atoms with Crippen molar-refractivity contribution in [3.8, 4) is 5.69 Å². The fourth-order valence-corrected chi connectivity index (χ4v) is 4.27. The first-order valence-corrected chi connectivity index (χ1v) is 9.45. The summed E-state index contributed by atoms with van der Waals surface area (Å²) in [5.74, 6) is 0.790. The van der Waals surface area contributed by atoms with Crippen LogP contribution in [0.3, 0.4) is 0 Å². The Morgan fingerprint density at radius 2 is 1.72 bits per heavy atom. The van der Waals surface area contributed by atoms with E-state index in [0.29, 0.717) is 5.16 Å². The van der Waals surface area contributed by atoms with Crippen molar-refractivity contribution in [3.63, 3.8) is 0 Å². The fraction of sp³-hybridized carbons (Fsp3) is 0.300. The van der Waals surface area contributed by atoms with Crippen LogP contribution in [-0.4, -0.2) is 14.8 Å². The lowest BCUT2D eigenvalue weighted by molar-refractivity contribution is 0.855. The van der Waals surface area contributed by atoms with E-state index in [9.17, 15) is 4.79 Å². The minimum atomic E-state index is -0.193. The lowest BCUT2D eigenvalue weighted by Gasteiger charge is -2.13. The number of aryl methyl sites for hydroxylation is 4. The number of benzene rings is 2. The van der Waals surface area contributed by atoms with E-state index in [-0.39, 0.29) is 5.69 Å². The molecular formula is C20H23N3OS. The number of aromatic amines is 1. The van der Waals surface area contributed by atoms with E-state index >= 15 is 0 Å². The van der Waals surface area contributed by atoms with Crippen molar-refractivity contribution in [2.75, 3.05) is 0 Å². The third-order valence-electron chi connectivity index (χ3n) is 4.36. The molecule has 0 saturated heterocycles. The molecule has 0 fully saturated rings. The number of hydrogen-bond acceptors (Lipinski definition) is 3. The van der Waals surface area contributed by atoms with Crippen molar-refractivity contribution in [2.24, 2.45) is 0 Å². The van der Waals surface area contributed by atoms with Gasteiger partial charge in [0.25, 0.3) is 0 Å². The van der Waals surface area contributed by atoms with Crippen LogP contribution in [0.4, 0.5) is 0 Å². The van der Waals surface area contributed by atoms with Crippen LogP contribution < -0.4 is 5.69 Å². The van der Waals surface area contributed by atoms with Gasteiger partial charge in [-0.25, -0.2) is 14.5 Å². The molecule has 0 saturated carbocycles. The molecule has 1 heterocycles. The van der Waals surface area contributed by atoms with E-state index in [1.807, 2.05) is 13.8 Å². The first-order valence-electron chi connectivity index (χ1n) is 8.46. The van der Waals surface area contributed by atoms with Gasteiger partial charge in [0.1, 0.15) is 0 Å². The topological polar surface area (TPSA) is 50.7 Å². The second kappa shape index (κ2) is 7.31. The highest BCUT2D eigenvalue weighted by atomic mass is 32.2. The summed E-state index contributed by atoms with van der Waals surface area (Å²) in [6.07, 6.45) is 1.00. The van der Waals surface area contributed by atoms with E-state index in [2.05, 4.69) is 60.4 Å². The van der Waals surface area contributed by atoms with Crippen LogP contribution in [0.25, 0.3) is 5.69 Å². The van der Waals surface area contributed by atoms with Gasteiger partial charge in [-0.2, -0.15) is 0 Å². The average molecular weight is 353 g/mol. The SMILES string of the molecule is CCc1ccccc1CSc1n[nH]c(=O)n1-c1c(C)cc(C)cc1C. The maximum Gasteiger partial charge on any atom is 0.348 e. The Morgan fingerprint density at radius 3 is 2.36 bits per heavy atom. The molecule has 0 unspecified atom stereocenters. The molecule has 0 aliphatic rings. The van der Waals surface area contributed by atoms with Gasteiger partial charge in [-0.3, -0.25) is 0 Å². The zero-order valence-electron chi connectivity index (χ0n) is 15.1. The molecule has 4 nitrogen and oxygen atoms in total. The van der Waals surface area contributed by atoms with Crippen LogP contribution in [-0.2, 0) is 12.2 Å². The van der Waals surface area contributed by atoms with Crippen LogP contribution in [0.5, 0.6) is 0 Å². The summed E-state index contributed by atoms with van der Waals surface area (Å²) in [5.41, 5.74) is 6.71. The van der Waals surface area contributed by atoms with Crippen molar-refractivity contribution in [2.45, 2.75) is 45.0 Å². The summed E-state index contributed by atoms with van der Waals surface area (Å²) in [4.78, 5) is 12.4. The summed E-state index contributed by atoms with van der Waals surface area (Å²) >= 11 is 1.59. The molecule has 0 amide bonds. The van der Waals surface area contributed by atoms with E-state index in [0.717, 1.165) is 29.0 Å². The zero-order valence-corrected chi connectivity index (χ0v) is 15.9. The zero-order chi connectivity index (χ0) is 18.0. The molecule has 130 valence electrons. The predicted molar refractivity (Wildman–Crippen MR) is 104 cm³/mol. The Hall–Kier alpha value is -2.27. The second-order valence-electron chi connectivity index (χ2n) is 6.31. The van der Waals surface area contributed by atoms with Crippen LogP contribution in [0.1, 0.15) is 34.7 Å². The molecule has 2 aromatic carbocycles. The first-order chi connectivity index (χ1) is 12.0. The van der Waals surface area contributed by atoms with Crippen molar-refractivity contribution >= 4 is 11.8 Å². The van der Waals surface area contributed by atoms with Crippen molar-refractivity contribution in [1.82, 2.24) is 14.8 Å². The molecule has 0 atom stereocenters. The van der Waals surface area contributed by atoms with Crippen LogP contribution in [0.15, 0.2) is 46.3 Å². The molecule has 0 radical (unpaired) electrons. The molecule has 25 heavy (non-hydrogen) atoms. The third-order valence-corrected chi connectivity index (χ3v) is 5.34. The molecule has 0 aliphatic heterocycles. The maximum atomic E-state index is 12.4. The van der Waals surface area contributed by atoms with Gasteiger partial charge in [0.05, 0.1) is 5.69 Å². The highest BCUT2D eigenvalue weighted by Crippen LogP contribution is 2.27. The minimum absolute atomic E-state index is 0.193. The van der Waals surface area contributed by atoms with Gasteiger partial charge in [-0.15, -0.1) is 5.10 Å². The molecule has 0 bridgehead atoms. The van der Waals surface area contributed by atoms with Gasteiger partial charge < -0.3 is 0 Å². The van der Waals surface area contributed by atoms with Crippen LogP contribution >= 0.6 is 11.8 Å². The van der Waals surface area contributed by atoms with E-state index < -0.39 is 0 Å². The number of nitrogens with one attached hydrogen (secondary N) is 1. The summed E-state index contributed by atoms with van der Waals surface area (Å²) in [6.45, 7) is 8.30. The number of rotatable bonds is 5. The molecule has 0 aliphatic carbocycles. The van der Waals surface area contributed by atoms with Gasteiger partial charge in [0.2, 0.25) is 0 Å². The Morgan fingerprint density at radius 1 is 1.08 bits per heavy atom. The quantitative estimate of drug-likeness (QED) is 0.694. The maximum absolute atomic E-state index is 12.4. The Kier molecular flexibility index (Phi) is 5.13. The van der Waals surface area contributed by atoms with Gasteiger partial charge >= 0.3 is 5.69 Å². The first kappa shape index (κ1) is 17.5. The van der Waals surface area contributed by atoms with Gasteiger partial charge in [0, 0.05) is 5.75 Å². The number of hydrogen-bond donors (Lipinski definition) is 1. The fourth-order valence-electron chi connectivity index (χ4n) is 3.29. The lowest BCUT2D eigenvalue weighted by atomic mass is 10.1. The molecule has 0 spiro atoms. The van der Waals surface area contributed by atoms with E-state index in [4.69, 9.17) is 0 Å². The molecular weight excluding hydrogens is 330 g/mol. The van der Waals surface area contributed by atoms with Gasteiger partial charge in [0.15, 0.2) is 5.16 Å². The molecule has 3 aromatic rings. The van der Waals surface area contributed by atoms with Crippen molar-refractivity contribution in [1.29, 1.82) is 0 Å². The molecule has 1 N–H and O–H groups in total. The largest absolute Gasteiger partial charge is 0.348 e. The number of nitrogens with zero attached hydrogens (tertiary/aromatic N) is 2. The predicted octanol–water partition coefficient (Wildman–Crippen LogP) is 4.34. The molecule has 1 aromatic heterocycles. The smallest absolute Gasteiger partial charge is 0.246 e. The van der Waals surface area contributed by atoms with Crippen LogP contribution in [0, 0.1) is 20.8 Å². The lowest BCUT2D eigenvalue weighted by Crippen LogP contribution is -2.18. The highest BCUT2D eigenvalue weighted by molar-refractivity contribution is 7.98. The summed E-state index contributed by atoms with van der Waals surface area (Å²) in [6, 6.07) is 12.6. The molecule has 3 rings (SSSR count). The third kappa shape index (κ3) is 3.56. The highest BCUT2D eigenvalue weighted by Gasteiger charge is 2.16. The number of thioether (sulfide) groups is 1. The van der Waals surface area contributed by atoms with Crippen molar-refractivity contribution in [3.05, 3.63) is 74.7 Å². The molecule has 5 heteroatoms. The van der Waals surface area contributed by atoms with Crippen molar-refractivity contribution < 1.29 is 0 Å². The Bertz CT molecular complexity index is 933.